The summed E-state index contributed by atoms with van der Waals surface area (Å²) in [5.74, 6) is -8.56. The Balaban J connectivity index is 0.000000491. The Morgan fingerprint density at radius 2 is 0.786 bits per heavy atom. The average Bonchev–Trinajstić information content (AvgIpc) is 3.63. The molecule has 7 aromatic carbocycles. The van der Waals surface area contributed by atoms with Gasteiger partial charge in [0.15, 0.2) is 34.8 Å². The minimum absolute atomic E-state index is 0.0186. The maximum absolute atomic E-state index is 12.9. The first-order chi connectivity index (χ1) is 39.0. The van der Waals surface area contributed by atoms with E-state index in [4.69, 9.17) is 23.2 Å². The van der Waals surface area contributed by atoms with Crippen molar-refractivity contribution >= 4 is 46.1 Å². The van der Waals surface area contributed by atoms with E-state index in [1.165, 1.54) is 64.1 Å². The average molecular weight is 1220 g/mol. The van der Waals surface area contributed by atoms with Crippen LogP contribution in [0.1, 0.15) is 192 Å². The van der Waals surface area contributed by atoms with Crippen LogP contribution in [0, 0.1) is 55.1 Å². The number of benzene rings is 7. The maximum Gasteiger partial charge on any atom is 0.416 e. The van der Waals surface area contributed by atoms with Gasteiger partial charge in [0.2, 0.25) is 5.82 Å². The molecule has 0 unspecified atom stereocenters. The monoisotopic (exact) mass is 1220 g/mol. The predicted molar refractivity (Wildman–Crippen MR) is 318 cm³/mol. The van der Waals surface area contributed by atoms with Crippen molar-refractivity contribution in [2.75, 3.05) is 0 Å². The quantitative estimate of drug-likeness (QED) is 0.0336. The van der Waals surface area contributed by atoms with Crippen LogP contribution in [0.2, 0.25) is 10.0 Å². The molecule has 0 amide bonds. The van der Waals surface area contributed by atoms with Crippen LogP contribution < -0.4 is 0 Å². The summed E-state index contributed by atoms with van der Waals surface area (Å²) in [5.41, 5.74) is 5.12. The van der Waals surface area contributed by atoms with Gasteiger partial charge >= 0.3 is 6.18 Å². The number of ketones is 2. The second-order valence-corrected chi connectivity index (χ2v) is 21.4. The lowest BCUT2D eigenvalue weighted by Gasteiger charge is -2.10. The zero-order chi connectivity index (χ0) is 64.5. The molecular formula is C65H71Cl2F9N2O6. The fourth-order valence-electron chi connectivity index (χ4n) is 7.11. The first-order valence-electron chi connectivity index (χ1n) is 26.4. The number of nitro groups is 2. The first-order valence-corrected chi connectivity index (χ1v) is 27.2. The van der Waals surface area contributed by atoms with Gasteiger partial charge in [-0.25, -0.2) is 26.3 Å². The highest BCUT2D eigenvalue weighted by molar-refractivity contribution is 6.36. The molecule has 0 aliphatic heterocycles. The lowest BCUT2D eigenvalue weighted by molar-refractivity contribution is -0.385. The van der Waals surface area contributed by atoms with Crippen LogP contribution in [0.15, 0.2) is 140 Å². The third kappa shape index (κ3) is 24.8. The van der Waals surface area contributed by atoms with Crippen molar-refractivity contribution in [1.82, 2.24) is 0 Å². The highest BCUT2D eigenvalue weighted by atomic mass is 35.5. The molecule has 0 spiro atoms. The fraction of sp³-hybridized carbons (Fsp3) is 0.323. The van der Waals surface area contributed by atoms with E-state index in [1.807, 2.05) is 77.9 Å². The Hall–Kier alpha value is -7.37. The molecule has 0 N–H and O–H groups in total. The third-order valence-corrected chi connectivity index (χ3v) is 12.7. The van der Waals surface area contributed by atoms with Gasteiger partial charge in [0.05, 0.1) is 15.4 Å². The number of Topliss-reactive ketones (excluding diaryl/α,β-unsaturated/α-hetero) is 2. The van der Waals surface area contributed by atoms with Gasteiger partial charge in [-0.1, -0.05) is 191 Å². The van der Waals surface area contributed by atoms with E-state index < -0.39 is 52.3 Å². The van der Waals surface area contributed by atoms with Gasteiger partial charge in [-0.05, 0) is 108 Å². The molecule has 0 saturated heterocycles. The largest absolute Gasteiger partial charge is 0.416 e. The number of halogens is 11. The van der Waals surface area contributed by atoms with Crippen LogP contribution in [0.5, 0.6) is 0 Å². The van der Waals surface area contributed by atoms with Crippen molar-refractivity contribution in [3.05, 3.63) is 255 Å². The van der Waals surface area contributed by atoms with E-state index in [1.54, 1.807) is 54.6 Å². The van der Waals surface area contributed by atoms with E-state index >= 15 is 0 Å². The van der Waals surface area contributed by atoms with Gasteiger partial charge in [0.25, 0.3) is 11.4 Å². The number of non-ortho nitro benzene ring substituents is 2. The zero-order valence-electron chi connectivity index (χ0n) is 49.2. The molecule has 19 heteroatoms. The Bertz CT molecular complexity index is 3140. The molecule has 0 aromatic heterocycles. The Morgan fingerprint density at radius 1 is 0.417 bits per heavy atom. The van der Waals surface area contributed by atoms with Crippen molar-refractivity contribution in [2.45, 2.75) is 139 Å². The molecular weight excluding hydrogens is 1150 g/mol. The van der Waals surface area contributed by atoms with Gasteiger partial charge in [-0.2, -0.15) is 13.2 Å². The number of carbonyl (C=O) groups is 2. The standard InChI is InChI=1S/C10H11F3.C10H10O2.C9H10Cl2.C9H7F5.C9H11F.2C9H11NO2/c1-7(2)8-3-5-9(6-4-8)10(11,12)13;1-7(11)9-3-5-10(6-4-9)8(2)12;1-6(2)9-7(10)4-3-5-8(9)11;1-3(2)4-5(10)7(12)9(14)8(13)6(4)11;1-7(2)8-5-3-4-6-9(8)10;1-7(2)8-3-5-9(6-4-8)10(11)12;1-7(2)8-4-3-5-9(6-8)10(11)12/h3-7H,1-2H3;3-6H,1-2H3;3-6H,1-2H3;3H,1-2H3;3-7H,1-2H3;2*3-7H,1-2H3. The van der Waals surface area contributed by atoms with Crippen molar-refractivity contribution in [3.63, 3.8) is 0 Å². The summed E-state index contributed by atoms with van der Waals surface area (Å²) >= 11 is 11.9. The highest BCUT2D eigenvalue weighted by Crippen LogP contribution is 2.32. The number of alkyl halides is 3. The van der Waals surface area contributed by atoms with E-state index in [0.29, 0.717) is 28.9 Å². The molecule has 454 valence electrons. The summed E-state index contributed by atoms with van der Waals surface area (Å²) in [4.78, 5) is 41.6. The molecule has 0 heterocycles. The molecule has 0 aliphatic rings. The summed E-state index contributed by atoms with van der Waals surface area (Å²) in [7, 11) is 0. The Labute approximate surface area is 496 Å². The molecule has 7 aromatic rings. The predicted octanol–water partition coefficient (Wildman–Crippen LogP) is 21.9. The summed E-state index contributed by atoms with van der Waals surface area (Å²) in [6.45, 7) is 25.9. The number of hydrogen-bond donors (Lipinski definition) is 0. The summed E-state index contributed by atoms with van der Waals surface area (Å²) < 4.78 is 113. The van der Waals surface area contributed by atoms with Gasteiger partial charge in [0, 0.05) is 51.0 Å². The van der Waals surface area contributed by atoms with Gasteiger partial charge in [-0.3, -0.25) is 29.8 Å². The number of nitrogens with zero attached hydrogens (tertiary/aromatic N) is 2. The van der Waals surface area contributed by atoms with Crippen molar-refractivity contribution in [1.29, 1.82) is 0 Å². The Morgan fingerprint density at radius 3 is 1.10 bits per heavy atom. The third-order valence-electron chi connectivity index (χ3n) is 12.0. The second kappa shape index (κ2) is 35.7. The second-order valence-electron chi connectivity index (χ2n) is 20.6. The normalized spacial score (nSPS) is 10.7. The molecule has 0 bridgehead atoms. The Kier molecular flexibility index (Phi) is 31.7. The van der Waals surface area contributed by atoms with E-state index in [9.17, 15) is 69.3 Å². The number of rotatable bonds is 10. The topological polar surface area (TPSA) is 120 Å². The van der Waals surface area contributed by atoms with E-state index in [0.717, 1.165) is 50.0 Å². The molecule has 0 saturated carbocycles. The van der Waals surface area contributed by atoms with Crippen LogP contribution in [0.4, 0.5) is 50.9 Å². The maximum atomic E-state index is 12.9. The lowest BCUT2D eigenvalue weighted by Crippen LogP contribution is -2.08. The number of nitro benzene ring substituents is 2. The molecule has 0 atom stereocenters. The van der Waals surface area contributed by atoms with Crippen molar-refractivity contribution in [2.24, 2.45) is 0 Å². The fourth-order valence-corrected chi connectivity index (χ4v) is 7.94. The SMILES string of the molecule is CC(=O)c1ccc(C(C)=O)cc1.CC(C)c1c(Cl)cccc1Cl.CC(C)c1c(F)c(F)c(F)c(F)c1F.CC(C)c1ccc(C(F)(F)F)cc1.CC(C)c1ccc([N+](=O)[O-])cc1.CC(C)c1cccc([N+](=O)[O-])c1.CC(C)c1ccccc1F. The van der Waals surface area contributed by atoms with Gasteiger partial charge in [0.1, 0.15) is 5.82 Å². The molecule has 0 radical (unpaired) electrons. The number of hydrogen-bond acceptors (Lipinski definition) is 6. The molecule has 0 fully saturated rings. The summed E-state index contributed by atoms with van der Waals surface area (Å²) in [5, 5.41) is 22.2. The lowest BCUT2D eigenvalue weighted by atomic mass is 10.0. The first kappa shape index (κ1) is 74.6. The minimum Gasteiger partial charge on any atom is -0.295 e. The van der Waals surface area contributed by atoms with Crippen LogP contribution in [0.3, 0.4) is 0 Å². The van der Waals surface area contributed by atoms with E-state index in [2.05, 4.69) is 27.7 Å². The van der Waals surface area contributed by atoms with Crippen LogP contribution in [0.25, 0.3) is 0 Å². The zero-order valence-corrected chi connectivity index (χ0v) is 50.8. The van der Waals surface area contributed by atoms with Crippen LogP contribution in [-0.2, 0) is 6.18 Å². The van der Waals surface area contributed by atoms with Crippen molar-refractivity contribution < 1.29 is 58.9 Å². The van der Waals surface area contributed by atoms with Gasteiger partial charge < -0.3 is 0 Å². The number of carbonyl (C=O) groups excluding carboxylic acids is 2. The molecule has 84 heavy (non-hydrogen) atoms. The summed E-state index contributed by atoms with van der Waals surface area (Å²) in [6, 6.07) is 37.8. The molecule has 8 nitrogen and oxygen atoms in total. The smallest absolute Gasteiger partial charge is 0.295 e. The van der Waals surface area contributed by atoms with Gasteiger partial charge in [-0.15, -0.1) is 0 Å². The van der Waals surface area contributed by atoms with Crippen molar-refractivity contribution in [3.8, 4) is 0 Å². The van der Waals surface area contributed by atoms with Crippen LogP contribution >= 0.6 is 23.2 Å². The highest BCUT2D eigenvalue weighted by Gasteiger charge is 2.30. The molecule has 0 aliphatic carbocycles. The van der Waals surface area contributed by atoms with E-state index in [-0.39, 0.29) is 50.4 Å². The minimum atomic E-state index is -4.23. The molecule has 7 rings (SSSR count). The van der Waals surface area contributed by atoms with Crippen LogP contribution in [-0.4, -0.2) is 21.4 Å². The summed E-state index contributed by atoms with van der Waals surface area (Å²) in [6.07, 6.45) is -4.23.